The Labute approximate surface area is 112 Å². The molecule has 0 radical (unpaired) electrons. The third-order valence-corrected chi connectivity index (χ3v) is 2.76. The van der Waals surface area contributed by atoms with Crippen molar-refractivity contribution < 1.29 is 4.74 Å². The maximum absolute atomic E-state index is 8.94. The molecule has 0 atom stereocenters. The van der Waals surface area contributed by atoms with Gasteiger partial charge in [-0.25, -0.2) is 0 Å². The van der Waals surface area contributed by atoms with E-state index in [9.17, 15) is 0 Å². The Hall–Kier alpha value is -2.41. The third-order valence-electron chi connectivity index (χ3n) is 2.76. The van der Waals surface area contributed by atoms with E-state index in [1.54, 1.807) is 6.07 Å². The molecule has 0 aliphatic rings. The van der Waals surface area contributed by atoms with Gasteiger partial charge < -0.3 is 4.74 Å². The van der Waals surface area contributed by atoms with Gasteiger partial charge in [0.05, 0.1) is 6.20 Å². The minimum absolute atomic E-state index is 0.242. The van der Waals surface area contributed by atoms with Crippen molar-refractivity contribution in [3.05, 3.63) is 47.7 Å². The Morgan fingerprint density at radius 3 is 2.68 bits per heavy atom. The molecule has 0 unspecified atom stereocenters. The Morgan fingerprint density at radius 2 is 2.00 bits per heavy atom. The Morgan fingerprint density at radius 1 is 1.21 bits per heavy atom. The predicted octanol–water partition coefficient (Wildman–Crippen LogP) is 3.48. The molecule has 0 N–H and O–H groups in total. The van der Waals surface area contributed by atoms with Gasteiger partial charge >= 0.3 is 0 Å². The summed E-state index contributed by atoms with van der Waals surface area (Å²) in [6, 6.07) is 11.5. The number of unbranched alkanes of at least 4 members (excludes halogenated alkanes) is 1. The molecule has 4 heteroatoms. The highest BCUT2D eigenvalue weighted by molar-refractivity contribution is 5.39. The number of aryl methyl sites for hydroxylation is 1. The molecule has 0 aliphatic carbocycles. The van der Waals surface area contributed by atoms with E-state index < -0.39 is 0 Å². The second-order valence-corrected chi connectivity index (χ2v) is 4.21. The molecule has 0 saturated heterocycles. The van der Waals surface area contributed by atoms with Crippen LogP contribution in [0.25, 0.3) is 0 Å². The number of nitrogens with zero attached hydrogens (tertiary/aromatic N) is 3. The van der Waals surface area contributed by atoms with Crippen molar-refractivity contribution in [2.45, 2.75) is 26.2 Å². The third kappa shape index (κ3) is 3.52. The largest absolute Gasteiger partial charge is 0.437 e. The fourth-order valence-corrected chi connectivity index (χ4v) is 1.70. The molecule has 0 bridgehead atoms. The van der Waals surface area contributed by atoms with E-state index in [0.29, 0.717) is 11.3 Å². The number of ether oxygens (including phenoxy) is 1. The number of nitriles is 1. The van der Waals surface area contributed by atoms with Gasteiger partial charge in [0, 0.05) is 0 Å². The van der Waals surface area contributed by atoms with Crippen LogP contribution in [-0.2, 0) is 6.42 Å². The lowest BCUT2D eigenvalue weighted by Crippen LogP contribution is -1.94. The molecule has 1 aromatic heterocycles. The molecular weight excluding hydrogens is 238 g/mol. The first-order valence-corrected chi connectivity index (χ1v) is 6.32. The van der Waals surface area contributed by atoms with E-state index in [1.807, 2.05) is 30.3 Å². The fourth-order valence-electron chi connectivity index (χ4n) is 1.70. The number of hydrogen-bond acceptors (Lipinski definition) is 4. The zero-order valence-electron chi connectivity index (χ0n) is 10.8. The summed E-state index contributed by atoms with van der Waals surface area (Å²) in [4.78, 5) is 0. The molecule has 1 heterocycles. The van der Waals surface area contributed by atoms with Crippen LogP contribution in [0.5, 0.6) is 11.6 Å². The van der Waals surface area contributed by atoms with Crippen LogP contribution >= 0.6 is 0 Å². The lowest BCUT2D eigenvalue weighted by Gasteiger charge is -2.06. The van der Waals surface area contributed by atoms with Crippen molar-refractivity contribution in [3.8, 4) is 17.7 Å². The maximum Gasteiger partial charge on any atom is 0.256 e. The van der Waals surface area contributed by atoms with Crippen molar-refractivity contribution in [1.29, 1.82) is 5.26 Å². The summed E-state index contributed by atoms with van der Waals surface area (Å²) in [5, 5.41) is 16.5. The van der Waals surface area contributed by atoms with Crippen molar-refractivity contribution in [2.24, 2.45) is 0 Å². The van der Waals surface area contributed by atoms with E-state index in [4.69, 9.17) is 10.00 Å². The highest BCUT2D eigenvalue weighted by Crippen LogP contribution is 2.22. The lowest BCUT2D eigenvalue weighted by atomic mass is 10.1. The summed E-state index contributed by atoms with van der Waals surface area (Å²) >= 11 is 0. The summed E-state index contributed by atoms with van der Waals surface area (Å²) in [6.07, 6.45) is 4.91. The molecule has 0 aliphatic heterocycles. The number of hydrogen-bond donors (Lipinski definition) is 0. The van der Waals surface area contributed by atoms with E-state index >= 15 is 0 Å². The van der Waals surface area contributed by atoms with Gasteiger partial charge in [0.25, 0.3) is 5.88 Å². The Bertz CT molecular complexity index is 573. The summed E-state index contributed by atoms with van der Waals surface area (Å²) in [5.74, 6) is 0.906. The fraction of sp³-hybridized carbons (Fsp3) is 0.267. The highest BCUT2D eigenvalue weighted by atomic mass is 16.5. The zero-order chi connectivity index (χ0) is 13.5. The van der Waals surface area contributed by atoms with Crippen LogP contribution in [0.4, 0.5) is 0 Å². The van der Waals surface area contributed by atoms with Gasteiger partial charge in [-0.15, -0.1) is 5.10 Å². The molecule has 0 amide bonds. The molecule has 1 aromatic carbocycles. The van der Waals surface area contributed by atoms with Gasteiger partial charge in [0.2, 0.25) is 0 Å². The van der Waals surface area contributed by atoms with E-state index in [2.05, 4.69) is 17.1 Å². The Balaban J connectivity index is 2.09. The van der Waals surface area contributed by atoms with Crippen LogP contribution in [0.15, 0.2) is 36.5 Å². The normalized spacial score (nSPS) is 9.89. The van der Waals surface area contributed by atoms with Gasteiger partial charge in [-0.2, -0.15) is 10.4 Å². The van der Waals surface area contributed by atoms with Crippen molar-refractivity contribution in [3.63, 3.8) is 0 Å². The minimum atomic E-state index is 0.242. The van der Waals surface area contributed by atoms with Crippen LogP contribution in [0.2, 0.25) is 0 Å². The summed E-state index contributed by atoms with van der Waals surface area (Å²) in [5.41, 5.74) is 1.67. The monoisotopic (exact) mass is 253 g/mol. The number of rotatable bonds is 5. The standard InChI is InChI=1S/C15H15N3O/c1-2-3-4-12-5-7-14(8-6-12)19-15-13(11-16)9-10-17-18-15/h5-10H,2-4H2,1H3. The molecule has 19 heavy (non-hydrogen) atoms. The van der Waals surface area contributed by atoms with Crippen LogP contribution in [-0.4, -0.2) is 10.2 Å². The molecule has 96 valence electrons. The molecule has 2 aromatic rings. The van der Waals surface area contributed by atoms with E-state index in [1.165, 1.54) is 24.6 Å². The molecular formula is C15H15N3O. The number of aromatic nitrogens is 2. The van der Waals surface area contributed by atoms with Crippen LogP contribution in [0, 0.1) is 11.3 Å². The molecule has 2 rings (SSSR count). The molecule has 0 fully saturated rings. The van der Waals surface area contributed by atoms with Gasteiger partial charge in [0.1, 0.15) is 17.4 Å². The van der Waals surface area contributed by atoms with Gasteiger partial charge in [-0.1, -0.05) is 25.5 Å². The number of benzene rings is 1. The van der Waals surface area contributed by atoms with E-state index in [-0.39, 0.29) is 5.88 Å². The Kier molecular flexibility index (Phi) is 4.46. The van der Waals surface area contributed by atoms with Crippen LogP contribution in [0.3, 0.4) is 0 Å². The summed E-state index contributed by atoms with van der Waals surface area (Å²) in [7, 11) is 0. The SMILES string of the molecule is CCCCc1ccc(Oc2nnccc2C#N)cc1. The van der Waals surface area contributed by atoms with Crippen LogP contribution < -0.4 is 4.74 Å². The smallest absolute Gasteiger partial charge is 0.256 e. The van der Waals surface area contributed by atoms with Gasteiger partial charge in [0.15, 0.2) is 0 Å². The average Bonchev–Trinajstić information content (AvgIpc) is 2.47. The summed E-state index contributed by atoms with van der Waals surface area (Å²) in [6.45, 7) is 2.18. The second kappa shape index (κ2) is 6.50. The quantitative estimate of drug-likeness (QED) is 0.818. The second-order valence-electron chi connectivity index (χ2n) is 4.21. The van der Waals surface area contributed by atoms with Crippen molar-refractivity contribution >= 4 is 0 Å². The highest BCUT2D eigenvalue weighted by Gasteiger charge is 2.06. The van der Waals surface area contributed by atoms with Gasteiger partial charge in [-0.05, 0) is 36.6 Å². The molecule has 0 saturated carbocycles. The zero-order valence-corrected chi connectivity index (χ0v) is 10.8. The minimum Gasteiger partial charge on any atom is -0.437 e. The molecule has 0 spiro atoms. The predicted molar refractivity (Wildman–Crippen MR) is 71.9 cm³/mol. The first kappa shape index (κ1) is 13.0. The van der Waals surface area contributed by atoms with Crippen molar-refractivity contribution in [2.75, 3.05) is 0 Å². The van der Waals surface area contributed by atoms with Crippen molar-refractivity contribution in [1.82, 2.24) is 10.2 Å². The van der Waals surface area contributed by atoms with Gasteiger partial charge in [-0.3, -0.25) is 0 Å². The first-order chi connectivity index (χ1) is 9.33. The lowest BCUT2D eigenvalue weighted by molar-refractivity contribution is 0.453. The molecule has 4 nitrogen and oxygen atoms in total. The summed E-state index contributed by atoms with van der Waals surface area (Å²) < 4.78 is 5.56. The first-order valence-electron chi connectivity index (χ1n) is 6.32. The average molecular weight is 253 g/mol. The van der Waals surface area contributed by atoms with Crippen LogP contribution in [0.1, 0.15) is 30.9 Å². The maximum atomic E-state index is 8.94. The topological polar surface area (TPSA) is 58.8 Å². The van der Waals surface area contributed by atoms with E-state index in [0.717, 1.165) is 6.42 Å².